The lowest BCUT2D eigenvalue weighted by Crippen LogP contribution is -2.41. The summed E-state index contributed by atoms with van der Waals surface area (Å²) in [6.45, 7) is 8.44. The Balaban J connectivity index is 1.95. The summed E-state index contributed by atoms with van der Waals surface area (Å²) in [7, 11) is 1.65. The number of anilines is 2. The molecule has 1 atom stereocenters. The van der Waals surface area contributed by atoms with Crippen LogP contribution in [-0.4, -0.2) is 38.4 Å². The maximum atomic E-state index is 13.3. The summed E-state index contributed by atoms with van der Waals surface area (Å²) in [5, 5.41) is 0.680. The van der Waals surface area contributed by atoms with E-state index in [0.29, 0.717) is 41.9 Å². The molecule has 160 valence electrons. The van der Waals surface area contributed by atoms with Crippen LogP contribution in [0.15, 0.2) is 27.8 Å². The van der Waals surface area contributed by atoms with Gasteiger partial charge in [-0.05, 0) is 37.5 Å². The minimum atomic E-state index is -0.388. The number of aromatic nitrogens is 4. The van der Waals surface area contributed by atoms with Crippen LogP contribution in [0.25, 0.3) is 11.2 Å². The van der Waals surface area contributed by atoms with E-state index in [1.807, 2.05) is 36.6 Å². The average Bonchev–Trinajstić information content (AvgIpc) is 3.10. The van der Waals surface area contributed by atoms with Crippen LogP contribution in [0.2, 0.25) is 5.02 Å². The van der Waals surface area contributed by atoms with Gasteiger partial charge in [0.2, 0.25) is 5.95 Å². The Morgan fingerprint density at radius 2 is 2.03 bits per heavy atom. The molecular weight excluding hydrogens is 406 g/mol. The molecule has 0 unspecified atom stereocenters. The van der Waals surface area contributed by atoms with Gasteiger partial charge in [-0.3, -0.25) is 13.9 Å². The first-order chi connectivity index (χ1) is 14.3. The van der Waals surface area contributed by atoms with Gasteiger partial charge < -0.3 is 14.2 Å². The van der Waals surface area contributed by atoms with Gasteiger partial charge in [0.1, 0.15) is 0 Å². The van der Waals surface area contributed by atoms with Gasteiger partial charge in [-0.15, -0.1) is 0 Å². The minimum absolute atomic E-state index is 0.211. The molecule has 0 spiro atoms. The molecule has 0 saturated carbocycles. The molecule has 4 rings (SSSR count). The van der Waals surface area contributed by atoms with Crippen molar-refractivity contribution in [3.05, 3.63) is 49.6 Å². The summed E-state index contributed by atoms with van der Waals surface area (Å²) in [6.07, 6.45) is 0. The fourth-order valence-corrected chi connectivity index (χ4v) is 4.26. The van der Waals surface area contributed by atoms with Gasteiger partial charge in [0.25, 0.3) is 5.56 Å². The van der Waals surface area contributed by atoms with Crippen molar-refractivity contribution < 1.29 is 4.74 Å². The second-order valence-electron chi connectivity index (χ2n) is 7.79. The van der Waals surface area contributed by atoms with Gasteiger partial charge in [-0.1, -0.05) is 24.6 Å². The van der Waals surface area contributed by atoms with E-state index < -0.39 is 0 Å². The highest BCUT2D eigenvalue weighted by Gasteiger charge is 2.30. The van der Waals surface area contributed by atoms with Crippen LogP contribution < -0.4 is 16.1 Å². The fraction of sp³-hybridized carbons (Fsp3) is 0.476. The van der Waals surface area contributed by atoms with Crippen LogP contribution in [0.1, 0.15) is 19.4 Å². The summed E-state index contributed by atoms with van der Waals surface area (Å²) in [4.78, 5) is 32.9. The average molecular weight is 432 g/mol. The summed E-state index contributed by atoms with van der Waals surface area (Å²) < 4.78 is 9.98. The Bertz CT molecular complexity index is 1230. The first-order valence-electron chi connectivity index (χ1n) is 10.2. The van der Waals surface area contributed by atoms with E-state index in [2.05, 4.69) is 11.8 Å². The monoisotopic (exact) mass is 431 g/mol. The SMILES string of the molecule is CCOCCn1c(=O)c2c(nc3n2C[C@H](C)CN3c2cccc(Cl)c2C)n(C)c1=O. The molecule has 0 aliphatic carbocycles. The van der Waals surface area contributed by atoms with E-state index in [1.165, 1.54) is 9.13 Å². The Morgan fingerprint density at radius 1 is 1.27 bits per heavy atom. The summed E-state index contributed by atoms with van der Waals surface area (Å²) >= 11 is 6.36. The molecule has 1 aliphatic heterocycles. The molecule has 0 amide bonds. The highest BCUT2D eigenvalue weighted by atomic mass is 35.5. The molecule has 9 heteroatoms. The normalized spacial score (nSPS) is 16.3. The van der Waals surface area contributed by atoms with Crippen molar-refractivity contribution in [3.8, 4) is 0 Å². The lowest BCUT2D eigenvalue weighted by molar-refractivity contribution is 0.137. The van der Waals surface area contributed by atoms with Gasteiger partial charge in [-0.25, -0.2) is 4.79 Å². The number of hydrogen-bond acceptors (Lipinski definition) is 5. The smallest absolute Gasteiger partial charge is 0.332 e. The van der Waals surface area contributed by atoms with E-state index in [0.717, 1.165) is 17.8 Å². The van der Waals surface area contributed by atoms with Crippen LogP contribution in [0.4, 0.5) is 11.6 Å². The van der Waals surface area contributed by atoms with Crippen molar-refractivity contribution in [2.45, 2.75) is 33.9 Å². The predicted octanol–water partition coefficient (Wildman–Crippen LogP) is 2.68. The van der Waals surface area contributed by atoms with Crippen LogP contribution >= 0.6 is 11.6 Å². The molecule has 30 heavy (non-hydrogen) atoms. The second kappa shape index (κ2) is 7.92. The van der Waals surface area contributed by atoms with Gasteiger partial charge in [0.05, 0.1) is 13.2 Å². The van der Waals surface area contributed by atoms with Crippen molar-refractivity contribution >= 4 is 34.4 Å². The predicted molar refractivity (Wildman–Crippen MR) is 118 cm³/mol. The number of aryl methyl sites for hydroxylation is 1. The largest absolute Gasteiger partial charge is 0.380 e. The van der Waals surface area contributed by atoms with E-state index in [-0.39, 0.29) is 23.7 Å². The van der Waals surface area contributed by atoms with E-state index >= 15 is 0 Å². The van der Waals surface area contributed by atoms with Crippen LogP contribution in [-0.2, 0) is 24.9 Å². The number of benzene rings is 1. The van der Waals surface area contributed by atoms with Gasteiger partial charge in [-0.2, -0.15) is 4.98 Å². The highest BCUT2D eigenvalue weighted by molar-refractivity contribution is 6.31. The summed E-state index contributed by atoms with van der Waals surface area (Å²) in [5.41, 5.74) is 2.03. The Morgan fingerprint density at radius 3 is 2.77 bits per heavy atom. The molecule has 2 aromatic heterocycles. The second-order valence-corrected chi connectivity index (χ2v) is 8.20. The van der Waals surface area contributed by atoms with Gasteiger partial charge >= 0.3 is 5.69 Å². The number of ether oxygens (including phenoxy) is 1. The zero-order valence-electron chi connectivity index (χ0n) is 17.7. The highest BCUT2D eigenvalue weighted by Crippen LogP contribution is 2.36. The molecule has 0 radical (unpaired) electrons. The molecule has 3 heterocycles. The maximum Gasteiger partial charge on any atom is 0.332 e. The van der Waals surface area contributed by atoms with Crippen LogP contribution in [0.5, 0.6) is 0 Å². The maximum absolute atomic E-state index is 13.3. The van der Waals surface area contributed by atoms with E-state index in [4.69, 9.17) is 21.3 Å². The zero-order valence-corrected chi connectivity index (χ0v) is 18.4. The lowest BCUT2D eigenvalue weighted by atomic mass is 10.1. The third kappa shape index (κ3) is 3.24. The summed E-state index contributed by atoms with van der Waals surface area (Å²) in [6, 6.07) is 5.77. The molecule has 0 N–H and O–H groups in total. The molecule has 3 aromatic rings. The molecule has 8 nitrogen and oxygen atoms in total. The van der Waals surface area contributed by atoms with Crippen molar-refractivity contribution in [3.63, 3.8) is 0 Å². The molecule has 1 aromatic carbocycles. The topological polar surface area (TPSA) is 74.3 Å². The lowest BCUT2D eigenvalue weighted by Gasteiger charge is -2.34. The standard InChI is InChI=1S/C21H26ClN5O3/c1-5-30-10-9-25-19(28)17-18(24(4)21(25)29)23-20-26(11-13(2)12-27(17)20)16-8-6-7-15(22)14(16)3/h6-8,13H,5,9-12H2,1-4H3/t13-/m1/s1. The van der Waals surface area contributed by atoms with Crippen molar-refractivity contribution in [1.29, 1.82) is 0 Å². The zero-order chi connectivity index (χ0) is 21.6. The third-order valence-corrected chi connectivity index (χ3v) is 6.04. The van der Waals surface area contributed by atoms with E-state index in [1.54, 1.807) is 7.05 Å². The molecule has 1 aliphatic rings. The number of nitrogens with zero attached hydrogens (tertiary/aromatic N) is 5. The van der Waals surface area contributed by atoms with Gasteiger partial charge in [0.15, 0.2) is 11.2 Å². The quantitative estimate of drug-likeness (QED) is 0.580. The molecule has 0 bridgehead atoms. The van der Waals surface area contributed by atoms with Crippen molar-refractivity contribution in [2.24, 2.45) is 13.0 Å². The van der Waals surface area contributed by atoms with Crippen LogP contribution in [0.3, 0.4) is 0 Å². The van der Waals surface area contributed by atoms with Crippen molar-refractivity contribution in [2.75, 3.05) is 24.7 Å². The summed E-state index contributed by atoms with van der Waals surface area (Å²) in [5.74, 6) is 0.935. The number of halogens is 1. The Kier molecular flexibility index (Phi) is 5.46. The Hall–Kier alpha value is -2.58. The van der Waals surface area contributed by atoms with E-state index in [9.17, 15) is 9.59 Å². The third-order valence-electron chi connectivity index (χ3n) is 5.64. The first-order valence-corrected chi connectivity index (χ1v) is 10.5. The molecule has 0 fully saturated rings. The van der Waals surface area contributed by atoms with Crippen LogP contribution in [0, 0.1) is 12.8 Å². The number of imidazole rings is 1. The number of fused-ring (bicyclic) bond motifs is 3. The number of hydrogen-bond donors (Lipinski definition) is 0. The van der Waals surface area contributed by atoms with Gasteiger partial charge in [0, 0.05) is 37.5 Å². The first kappa shape index (κ1) is 20.7. The number of rotatable bonds is 5. The Labute approximate surface area is 179 Å². The minimum Gasteiger partial charge on any atom is -0.380 e. The molecule has 0 saturated heterocycles. The van der Waals surface area contributed by atoms with Crippen molar-refractivity contribution in [1.82, 2.24) is 18.7 Å². The molecular formula is C21H26ClN5O3. The fourth-order valence-electron chi connectivity index (χ4n) is 4.09.